The number of piperidine rings is 1. The van der Waals surface area contributed by atoms with Gasteiger partial charge >= 0.3 is 0 Å². The number of hydrogen-bond acceptors (Lipinski definition) is 3. The molecule has 1 heterocycles. The highest BCUT2D eigenvalue weighted by molar-refractivity contribution is 5.96. The van der Waals surface area contributed by atoms with E-state index in [0.29, 0.717) is 24.9 Å². The van der Waals surface area contributed by atoms with Crippen LogP contribution in [0, 0.1) is 5.82 Å². The fourth-order valence-corrected chi connectivity index (χ4v) is 3.56. The molecule has 2 amide bonds. The lowest BCUT2D eigenvalue weighted by Gasteiger charge is -2.43. The van der Waals surface area contributed by atoms with E-state index in [1.54, 1.807) is 23.9 Å². The Hall–Kier alpha value is -2.89. The summed E-state index contributed by atoms with van der Waals surface area (Å²) in [7, 11) is 3.44. The van der Waals surface area contributed by atoms with Crippen LogP contribution in [0.2, 0.25) is 0 Å². The molecule has 1 aliphatic heterocycles. The summed E-state index contributed by atoms with van der Waals surface area (Å²) in [6.45, 7) is 0.824. The zero-order chi connectivity index (χ0) is 19.4. The van der Waals surface area contributed by atoms with E-state index < -0.39 is 5.54 Å². The molecule has 2 aromatic carbocycles. The van der Waals surface area contributed by atoms with Gasteiger partial charge in [-0.15, -0.1) is 0 Å². The second kappa shape index (κ2) is 7.78. The molecule has 1 saturated heterocycles. The van der Waals surface area contributed by atoms with Crippen LogP contribution in [-0.2, 0) is 4.79 Å². The number of hydrogen-bond donors (Lipinski definition) is 1. The van der Waals surface area contributed by atoms with E-state index in [0.717, 1.165) is 5.69 Å². The smallest absolute Gasteiger partial charge is 0.253 e. The van der Waals surface area contributed by atoms with E-state index in [-0.39, 0.29) is 24.2 Å². The van der Waals surface area contributed by atoms with Crippen LogP contribution in [0.25, 0.3) is 0 Å². The first-order chi connectivity index (χ1) is 12.9. The molecule has 0 saturated carbocycles. The highest BCUT2D eigenvalue weighted by Crippen LogP contribution is 2.28. The third-order valence-electron chi connectivity index (χ3n) is 4.84. The number of anilines is 1. The summed E-state index contributed by atoms with van der Waals surface area (Å²) >= 11 is 0. The van der Waals surface area contributed by atoms with Gasteiger partial charge in [0.15, 0.2) is 0 Å². The third kappa shape index (κ3) is 4.10. The second-order valence-corrected chi connectivity index (χ2v) is 7.11. The molecule has 0 bridgehead atoms. The number of carbonyl (C=O) groups excluding carboxylic acids is 2. The number of likely N-dealkylation sites (N-methyl/N-ethyl adjacent to an activating group) is 1. The van der Waals surface area contributed by atoms with Crippen LogP contribution < -0.4 is 5.32 Å². The van der Waals surface area contributed by atoms with Gasteiger partial charge in [-0.2, -0.15) is 0 Å². The maximum Gasteiger partial charge on any atom is 0.253 e. The topological polar surface area (TPSA) is 52.7 Å². The van der Waals surface area contributed by atoms with Crippen molar-refractivity contribution in [3.63, 3.8) is 0 Å². The van der Waals surface area contributed by atoms with Crippen LogP contribution in [0.5, 0.6) is 0 Å². The molecule has 0 aromatic heterocycles. The van der Waals surface area contributed by atoms with Gasteiger partial charge in [0, 0.05) is 31.9 Å². The van der Waals surface area contributed by atoms with Gasteiger partial charge in [0.25, 0.3) is 5.91 Å². The Morgan fingerprint density at radius 2 is 1.74 bits per heavy atom. The number of amides is 2. The largest absolute Gasteiger partial charge is 0.370 e. The lowest BCUT2D eigenvalue weighted by molar-refractivity contribution is -0.135. The number of likely N-dealkylation sites (tertiary alicyclic amines) is 1. The Labute approximate surface area is 158 Å². The highest BCUT2D eigenvalue weighted by Gasteiger charge is 2.44. The number of para-hydroxylation sites is 1. The molecule has 1 atom stereocenters. The Kier molecular flexibility index (Phi) is 5.44. The van der Waals surface area contributed by atoms with Crippen molar-refractivity contribution in [3.8, 4) is 0 Å². The summed E-state index contributed by atoms with van der Waals surface area (Å²) in [6.07, 6.45) is 1.33. The maximum atomic E-state index is 13.2. The third-order valence-corrected chi connectivity index (χ3v) is 4.84. The van der Waals surface area contributed by atoms with Gasteiger partial charge < -0.3 is 15.1 Å². The fourth-order valence-electron chi connectivity index (χ4n) is 3.56. The summed E-state index contributed by atoms with van der Waals surface area (Å²) in [5.74, 6) is -0.642. The van der Waals surface area contributed by atoms with Crippen molar-refractivity contribution in [2.45, 2.75) is 18.4 Å². The molecule has 1 aliphatic rings. The standard InChI is InChI=1S/C21H24FN3O2/c1-24(2)20(27)21(23-18-7-4-3-5-8-18)13-6-14-25(15-21)19(26)16-9-11-17(22)12-10-16/h3-5,7-12,23H,6,13-15H2,1-2H3. The molecule has 27 heavy (non-hydrogen) atoms. The summed E-state index contributed by atoms with van der Waals surface area (Å²) in [5, 5.41) is 3.38. The Balaban J connectivity index is 1.88. The first kappa shape index (κ1) is 18.9. The molecule has 0 radical (unpaired) electrons. The first-order valence-corrected chi connectivity index (χ1v) is 9.01. The molecule has 1 fully saturated rings. The number of carbonyl (C=O) groups is 2. The van der Waals surface area contributed by atoms with Gasteiger partial charge in [0.1, 0.15) is 11.4 Å². The summed E-state index contributed by atoms with van der Waals surface area (Å²) in [4.78, 5) is 29.2. The molecule has 3 rings (SSSR count). The fraction of sp³-hybridized carbons (Fsp3) is 0.333. The predicted molar refractivity (Wildman–Crippen MR) is 103 cm³/mol. The summed E-state index contributed by atoms with van der Waals surface area (Å²) in [5.41, 5.74) is 0.367. The van der Waals surface area contributed by atoms with Gasteiger partial charge in [-0.1, -0.05) is 18.2 Å². The molecular weight excluding hydrogens is 345 g/mol. The summed E-state index contributed by atoms with van der Waals surface area (Å²) in [6, 6.07) is 15.0. The number of rotatable bonds is 4. The van der Waals surface area contributed by atoms with Crippen LogP contribution in [0.4, 0.5) is 10.1 Å². The van der Waals surface area contributed by atoms with Crippen LogP contribution in [0.3, 0.4) is 0 Å². The average Bonchev–Trinajstić information content (AvgIpc) is 2.68. The molecule has 1 unspecified atom stereocenters. The molecule has 142 valence electrons. The highest BCUT2D eigenvalue weighted by atomic mass is 19.1. The van der Waals surface area contributed by atoms with Crippen LogP contribution in [0.15, 0.2) is 54.6 Å². The van der Waals surface area contributed by atoms with E-state index >= 15 is 0 Å². The minimum absolute atomic E-state index is 0.0667. The van der Waals surface area contributed by atoms with E-state index in [4.69, 9.17) is 0 Å². The van der Waals surface area contributed by atoms with Crippen molar-refractivity contribution < 1.29 is 14.0 Å². The van der Waals surface area contributed by atoms with Crippen molar-refractivity contribution in [2.24, 2.45) is 0 Å². The van der Waals surface area contributed by atoms with E-state index in [9.17, 15) is 14.0 Å². The second-order valence-electron chi connectivity index (χ2n) is 7.11. The quantitative estimate of drug-likeness (QED) is 0.901. The number of benzene rings is 2. The van der Waals surface area contributed by atoms with Gasteiger partial charge in [-0.05, 0) is 49.2 Å². The number of nitrogens with zero attached hydrogens (tertiary/aromatic N) is 2. The molecular formula is C21H24FN3O2. The summed E-state index contributed by atoms with van der Waals surface area (Å²) < 4.78 is 13.2. The first-order valence-electron chi connectivity index (χ1n) is 9.01. The van der Waals surface area contributed by atoms with Crippen molar-refractivity contribution in [2.75, 3.05) is 32.5 Å². The maximum absolute atomic E-state index is 13.2. The lowest BCUT2D eigenvalue weighted by atomic mass is 9.86. The Morgan fingerprint density at radius 1 is 1.07 bits per heavy atom. The van der Waals surface area contributed by atoms with Crippen LogP contribution in [-0.4, -0.2) is 54.3 Å². The van der Waals surface area contributed by atoms with E-state index in [2.05, 4.69) is 5.32 Å². The number of halogens is 1. The molecule has 0 spiro atoms. The average molecular weight is 369 g/mol. The molecule has 1 N–H and O–H groups in total. The van der Waals surface area contributed by atoms with Crippen molar-refractivity contribution in [3.05, 3.63) is 66.0 Å². The Morgan fingerprint density at radius 3 is 2.37 bits per heavy atom. The monoisotopic (exact) mass is 369 g/mol. The minimum atomic E-state index is -0.890. The van der Waals surface area contributed by atoms with E-state index in [1.807, 2.05) is 30.3 Å². The zero-order valence-corrected chi connectivity index (χ0v) is 15.6. The van der Waals surface area contributed by atoms with Crippen LogP contribution in [0.1, 0.15) is 23.2 Å². The van der Waals surface area contributed by atoms with Gasteiger partial charge in [0.05, 0.1) is 6.54 Å². The number of nitrogens with one attached hydrogen (secondary N) is 1. The molecule has 2 aromatic rings. The van der Waals surface area contributed by atoms with Gasteiger partial charge in [-0.25, -0.2) is 4.39 Å². The molecule has 5 nitrogen and oxygen atoms in total. The molecule has 0 aliphatic carbocycles. The van der Waals surface area contributed by atoms with Crippen molar-refractivity contribution in [1.29, 1.82) is 0 Å². The normalized spacial score (nSPS) is 19.4. The van der Waals surface area contributed by atoms with Gasteiger partial charge in [-0.3, -0.25) is 9.59 Å². The minimum Gasteiger partial charge on any atom is -0.370 e. The van der Waals surface area contributed by atoms with Crippen LogP contribution >= 0.6 is 0 Å². The van der Waals surface area contributed by atoms with Crippen molar-refractivity contribution in [1.82, 2.24) is 9.80 Å². The molecule has 6 heteroatoms. The Bertz CT molecular complexity index is 808. The predicted octanol–water partition coefficient (Wildman–Crippen LogP) is 3.00. The lowest BCUT2D eigenvalue weighted by Crippen LogP contribution is -2.62. The van der Waals surface area contributed by atoms with Crippen molar-refractivity contribution >= 4 is 17.5 Å². The van der Waals surface area contributed by atoms with E-state index in [1.165, 1.54) is 24.3 Å². The van der Waals surface area contributed by atoms with Gasteiger partial charge in [0.2, 0.25) is 5.91 Å². The SMILES string of the molecule is CN(C)C(=O)C1(Nc2ccccc2)CCCN(C(=O)c2ccc(F)cc2)C1. The zero-order valence-electron chi connectivity index (χ0n) is 15.6.